The molecule has 0 aliphatic heterocycles. The molecule has 4 heteroatoms. The second-order valence-corrected chi connectivity index (χ2v) is 4.44. The van der Waals surface area contributed by atoms with Crippen molar-refractivity contribution < 1.29 is 14.6 Å². The fourth-order valence-corrected chi connectivity index (χ4v) is 1.79. The zero-order valence-electron chi connectivity index (χ0n) is 9.65. The summed E-state index contributed by atoms with van der Waals surface area (Å²) in [5, 5.41) is 10.0. The Hall–Kier alpha value is -1.13. The first kappa shape index (κ1) is 13.9. The summed E-state index contributed by atoms with van der Waals surface area (Å²) >= 11 is 3.31. The lowest BCUT2D eigenvalue weighted by molar-refractivity contribution is -0.140. The largest absolute Gasteiger partial charge is 0.462 e. The zero-order chi connectivity index (χ0) is 12.8. The van der Waals surface area contributed by atoms with Gasteiger partial charge in [-0.15, -0.1) is 0 Å². The Bertz CT molecular complexity index is 415. The third-order valence-corrected chi connectivity index (χ3v) is 2.95. The van der Waals surface area contributed by atoms with Crippen molar-refractivity contribution in [2.24, 2.45) is 0 Å². The number of esters is 1. The molecule has 92 valence electrons. The Balaban J connectivity index is 2.76. The van der Waals surface area contributed by atoms with Gasteiger partial charge in [-0.3, -0.25) is 0 Å². The summed E-state index contributed by atoms with van der Waals surface area (Å²) in [6.45, 7) is 5.82. The maximum absolute atomic E-state index is 11.5. The van der Waals surface area contributed by atoms with E-state index >= 15 is 0 Å². The molecule has 1 atom stereocenters. The molecule has 0 radical (unpaired) electrons. The van der Waals surface area contributed by atoms with E-state index < -0.39 is 12.1 Å². The van der Waals surface area contributed by atoms with E-state index in [0.29, 0.717) is 12.2 Å². The number of ether oxygens (including phenoxy) is 1. The van der Waals surface area contributed by atoms with Gasteiger partial charge < -0.3 is 9.84 Å². The second-order valence-electron chi connectivity index (χ2n) is 3.59. The lowest BCUT2D eigenvalue weighted by Gasteiger charge is -2.14. The molecule has 1 aromatic carbocycles. The Morgan fingerprint density at radius 3 is 2.76 bits per heavy atom. The maximum Gasteiger partial charge on any atom is 0.336 e. The molecule has 1 aromatic rings. The number of aliphatic hydroxyl groups is 1. The first-order valence-electron chi connectivity index (χ1n) is 5.36. The van der Waals surface area contributed by atoms with Crippen LogP contribution in [0.2, 0.25) is 0 Å². The Morgan fingerprint density at radius 1 is 1.53 bits per heavy atom. The quantitative estimate of drug-likeness (QED) is 0.671. The number of hydrogen-bond donors (Lipinski definition) is 1. The molecule has 1 rings (SSSR count). The summed E-state index contributed by atoms with van der Waals surface area (Å²) in [5.41, 5.74) is 0.649. The van der Waals surface area contributed by atoms with Gasteiger partial charge in [0.1, 0.15) is 6.10 Å². The highest BCUT2D eigenvalue weighted by Gasteiger charge is 2.21. The maximum atomic E-state index is 11.5. The normalized spacial score (nSPS) is 11.9. The van der Waals surface area contributed by atoms with Crippen LogP contribution in [0.3, 0.4) is 0 Å². The van der Waals surface area contributed by atoms with Crippen LogP contribution >= 0.6 is 15.9 Å². The fourth-order valence-electron chi connectivity index (χ4n) is 1.28. The third-order valence-electron chi connectivity index (χ3n) is 2.23. The third kappa shape index (κ3) is 3.68. The molecular formula is C13H15BrO3. The molecule has 0 amide bonds. The minimum atomic E-state index is -1.05. The van der Waals surface area contributed by atoms with Crippen molar-refractivity contribution in [2.75, 3.05) is 6.61 Å². The summed E-state index contributed by atoms with van der Waals surface area (Å²) in [6, 6.07) is 7.14. The predicted molar refractivity (Wildman–Crippen MR) is 69.5 cm³/mol. The van der Waals surface area contributed by atoms with Crippen molar-refractivity contribution >= 4 is 21.9 Å². The highest BCUT2D eigenvalue weighted by atomic mass is 79.9. The smallest absolute Gasteiger partial charge is 0.336 e. The summed E-state index contributed by atoms with van der Waals surface area (Å²) in [4.78, 5) is 11.5. The van der Waals surface area contributed by atoms with Gasteiger partial charge in [0, 0.05) is 4.47 Å². The summed E-state index contributed by atoms with van der Waals surface area (Å²) in [7, 11) is 0. The topological polar surface area (TPSA) is 46.5 Å². The van der Waals surface area contributed by atoms with Crippen LogP contribution < -0.4 is 0 Å². The second kappa shape index (κ2) is 6.57. The zero-order valence-corrected chi connectivity index (χ0v) is 11.2. The van der Waals surface area contributed by atoms with Gasteiger partial charge in [-0.2, -0.15) is 0 Å². The SMILES string of the molecule is C=C(C(=O)OCCC)C(O)c1ccccc1Br. The molecule has 1 N–H and O–H groups in total. The predicted octanol–water partition coefficient (Wildman–Crippen LogP) is 2.99. The van der Waals surface area contributed by atoms with Gasteiger partial charge >= 0.3 is 5.97 Å². The average molecular weight is 299 g/mol. The van der Waals surface area contributed by atoms with Gasteiger partial charge in [-0.05, 0) is 18.1 Å². The van der Waals surface area contributed by atoms with Crippen LogP contribution in [0.4, 0.5) is 0 Å². The van der Waals surface area contributed by atoms with E-state index in [1.165, 1.54) is 0 Å². The first-order chi connectivity index (χ1) is 8.07. The van der Waals surface area contributed by atoms with Crippen LogP contribution in [-0.4, -0.2) is 17.7 Å². The minimum Gasteiger partial charge on any atom is -0.462 e. The van der Waals surface area contributed by atoms with Crippen LogP contribution in [0.1, 0.15) is 25.0 Å². The highest BCUT2D eigenvalue weighted by molar-refractivity contribution is 9.10. The van der Waals surface area contributed by atoms with Crippen molar-refractivity contribution in [1.29, 1.82) is 0 Å². The molecule has 0 saturated heterocycles. The van der Waals surface area contributed by atoms with Gasteiger partial charge in [0.05, 0.1) is 12.2 Å². The van der Waals surface area contributed by atoms with Crippen molar-refractivity contribution in [3.05, 3.63) is 46.5 Å². The van der Waals surface area contributed by atoms with Crippen LogP contribution in [0.5, 0.6) is 0 Å². The Labute approximate surface area is 109 Å². The first-order valence-corrected chi connectivity index (χ1v) is 6.15. The van der Waals surface area contributed by atoms with Gasteiger partial charge in [0.15, 0.2) is 0 Å². The molecule has 0 saturated carbocycles. The number of aliphatic hydroxyl groups excluding tert-OH is 1. The van der Waals surface area contributed by atoms with Crippen LogP contribution in [0.15, 0.2) is 40.9 Å². The minimum absolute atomic E-state index is 0.0466. The van der Waals surface area contributed by atoms with E-state index in [1.54, 1.807) is 18.2 Å². The van der Waals surface area contributed by atoms with Crippen molar-refractivity contribution in [3.8, 4) is 0 Å². The van der Waals surface area contributed by atoms with E-state index in [9.17, 15) is 9.90 Å². The van der Waals surface area contributed by atoms with Gasteiger partial charge in [0.25, 0.3) is 0 Å². The van der Waals surface area contributed by atoms with Crippen LogP contribution in [0, 0.1) is 0 Å². The molecule has 0 aliphatic rings. The molecule has 0 fully saturated rings. The average Bonchev–Trinajstić information content (AvgIpc) is 2.34. The van der Waals surface area contributed by atoms with E-state index in [2.05, 4.69) is 22.5 Å². The standard InChI is InChI=1S/C13H15BrO3/c1-3-8-17-13(16)9(2)12(15)10-6-4-5-7-11(10)14/h4-7,12,15H,2-3,8H2,1H3. The number of hydrogen-bond acceptors (Lipinski definition) is 3. The van der Waals surface area contributed by atoms with E-state index in [-0.39, 0.29) is 5.57 Å². The summed E-state index contributed by atoms with van der Waals surface area (Å²) in [6.07, 6.45) is -0.306. The Morgan fingerprint density at radius 2 is 2.18 bits per heavy atom. The van der Waals surface area contributed by atoms with E-state index in [1.807, 2.05) is 13.0 Å². The lowest BCUT2D eigenvalue weighted by atomic mass is 10.0. The van der Waals surface area contributed by atoms with Crippen molar-refractivity contribution in [3.63, 3.8) is 0 Å². The number of carbonyl (C=O) groups is 1. The molecule has 1 unspecified atom stereocenters. The Kier molecular flexibility index (Phi) is 5.38. The molecule has 0 bridgehead atoms. The van der Waals surface area contributed by atoms with Crippen molar-refractivity contribution in [2.45, 2.75) is 19.4 Å². The molecule has 0 aliphatic carbocycles. The molecule has 0 heterocycles. The van der Waals surface area contributed by atoms with Gasteiger partial charge in [-0.1, -0.05) is 47.6 Å². The van der Waals surface area contributed by atoms with E-state index in [0.717, 1.165) is 10.9 Å². The van der Waals surface area contributed by atoms with Crippen LogP contribution in [-0.2, 0) is 9.53 Å². The molecule has 3 nitrogen and oxygen atoms in total. The number of halogens is 1. The summed E-state index contributed by atoms with van der Waals surface area (Å²) in [5.74, 6) is -0.560. The molecular weight excluding hydrogens is 284 g/mol. The number of rotatable bonds is 5. The van der Waals surface area contributed by atoms with Gasteiger partial charge in [-0.25, -0.2) is 4.79 Å². The summed E-state index contributed by atoms with van der Waals surface area (Å²) < 4.78 is 5.65. The molecule has 0 spiro atoms. The molecule has 0 aromatic heterocycles. The van der Waals surface area contributed by atoms with Crippen molar-refractivity contribution in [1.82, 2.24) is 0 Å². The van der Waals surface area contributed by atoms with Gasteiger partial charge in [0.2, 0.25) is 0 Å². The highest BCUT2D eigenvalue weighted by Crippen LogP contribution is 2.27. The number of benzene rings is 1. The van der Waals surface area contributed by atoms with Crippen LogP contribution in [0.25, 0.3) is 0 Å². The lowest BCUT2D eigenvalue weighted by Crippen LogP contribution is -2.14. The number of carbonyl (C=O) groups excluding carboxylic acids is 1. The fraction of sp³-hybridized carbons (Fsp3) is 0.308. The van der Waals surface area contributed by atoms with E-state index in [4.69, 9.17) is 4.74 Å². The monoisotopic (exact) mass is 298 g/mol. The molecule has 17 heavy (non-hydrogen) atoms.